The van der Waals surface area contributed by atoms with E-state index in [-0.39, 0.29) is 11.7 Å². The highest BCUT2D eigenvalue weighted by Gasteiger charge is 2.34. The molecule has 1 atom stereocenters. The van der Waals surface area contributed by atoms with Crippen LogP contribution in [0.15, 0.2) is 41.1 Å². The van der Waals surface area contributed by atoms with E-state index in [1.165, 1.54) is 12.1 Å². The van der Waals surface area contributed by atoms with Gasteiger partial charge in [0.15, 0.2) is 11.9 Å². The molecular formula is C24H16ClFN4O2. The number of fused-ring (bicyclic) bond motifs is 3. The minimum absolute atomic E-state index is 0.0431. The maximum Gasteiger partial charge on any atom is 0.182 e. The zero-order valence-electron chi connectivity index (χ0n) is 16.8. The van der Waals surface area contributed by atoms with Gasteiger partial charge in [0.05, 0.1) is 16.8 Å². The first-order chi connectivity index (χ1) is 15.6. The third-order valence-corrected chi connectivity index (χ3v) is 6.29. The van der Waals surface area contributed by atoms with Crippen LogP contribution in [-0.2, 0) is 19.4 Å². The molecule has 0 saturated heterocycles. The quantitative estimate of drug-likeness (QED) is 0.472. The van der Waals surface area contributed by atoms with Crippen LogP contribution < -0.4 is 10.1 Å². The molecule has 0 spiro atoms. The van der Waals surface area contributed by atoms with Crippen LogP contribution in [0.25, 0.3) is 22.0 Å². The van der Waals surface area contributed by atoms with Crippen LogP contribution in [-0.4, -0.2) is 16.7 Å². The molecule has 158 valence electrons. The number of nitriles is 1. The summed E-state index contributed by atoms with van der Waals surface area (Å²) >= 11 is 6.46. The molecule has 0 bridgehead atoms. The lowest BCUT2D eigenvalue weighted by Gasteiger charge is -2.15. The van der Waals surface area contributed by atoms with Gasteiger partial charge in [-0.15, -0.1) is 0 Å². The van der Waals surface area contributed by atoms with Crippen molar-refractivity contribution in [2.24, 2.45) is 0 Å². The Morgan fingerprint density at radius 2 is 2.12 bits per heavy atom. The van der Waals surface area contributed by atoms with Gasteiger partial charge in [-0.25, -0.2) is 4.39 Å². The summed E-state index contributed by atoms with van der Waals surface area (Å²) in [4.78, 5) is 4.32. The van der Waals surface area contributed by atoms with E-state index in [1.54, 1.807) is 12.3 Å². The summed E-state index contributed by atoms with van der Waals surface area (Å²) in [6.07, 6.45) is 2.75. The number of rotatable bonds is 2. The molecule has 2 aromatic heterocycles. The number of nitrogens with one attached hydrogen (secondary N) is 1. The molecule has 0 saturated carbocycles. The summed E-state index contributed by atoms with van der Waals surface area (Å²) in [5.41, 5.74) is 4.95. The van der Waals surface area contributed by atoms with Crippen molar-refractivity contribution >= 4 is 22.5 Å². The second kappa shape index (κ2) is 7.30. The van der Waals surface area contributed by atoms with Crippen molar-refractivity contribution in [1.82, 2.24) is 15.5 Å². The predicted octanol–water partition coefficient (Wildman–Crippen LogP) is 4.88. The lowest BCUT2D eigenvalue weighted by atomic mass is 9.96. The van der Waals surface area contributed by atoms with Crippen LogP contribution in [0.4, 0.5) is 4.39 Å². The van der Waals surface area contributed by atoms with Gasteiger partial charge in [0.25, 0.3) is 0 Å². The zero-order chi connectivity index (χ0) is 21.8. The molecule has 0 fully saturated rings. The fourth-order valence-electron chi connectivity index (χ4n) is 4.57. The molecule has 6 nitrogen and oxygen atoms in total. The summed E-state index contributed by atoms with van der Waals surface area (Å²) in [6, 6.07) is 10.2. The standard InChI is InChI=1S/C24H16ClFN4O2/c25-14-5-12-7-22(24-18-11-28-3-2-20(18)30-32-24)31-23(12)17(8-14)15-1-4-29-21-6-13(10-27)19(26)9-16(15)21/h1,4-6,8-9,22,28H,2-3,7,11H2. The van der Waals surface area contributed by atoms with Crippen LogP contribution in [0.5, 0.6) is 5.75 Å². The van der Waals surface area contributed by atoms with E-state index in [2.05, 4.69) is 15.5 Å². The Kier molecular flexibility index (Phi) is 4.39. The molecule has 2 aliphatic heterocycles. The molecule has 32 heavy (non-hydrogen) atoms. The van der Waals surface area contributed by atoms with Crippen molar-refractivity contribution in [2.45, 2.75) is 25.5 Å². The molecule has 8 heteroatoms. The number of hydrogen-bond acceptors (Lipinski definition) is 6. The average molecular weight is 447 g/mol. The minimum atomic E-state index is -0.590. The maximum atomic E-state index is 14.4. The summed E-state index contributed by atoms with van der Waals surface area (Å²) in [7, 11) is 0. The van der Waals surface area contributed by atoms with Crippen LogP contribution in [0.2, 0.25) is 5.02 Å². The van der Waals surface area contributed by atoms with Gasteiger partial charge in [-0.1, -0.05) is 16.8 Å². The van der Waals surface area contributed by atoms with Crippen molar-refractivity contribution in [3.63, 3.8) is 0 Å². The van der Waals surface area contributed by atoms with Gasteiger partial charge in [-0.3, -0.25) is 4.98 Å². The monoisotopic (exact) mass is 446 g/mol. The summed E-state index contributed by atoms with van der Waals surface area (Å²) < 4.78 is 26.5. The van der Waals surface area contributed by atoms with Gasteiger partial charge >= 0.3 is 0 Å². The number of benzene rings is 2. The molecule has 1 N–H and O–H groups in total. The largest absolute Gasteiger partial charge is 0.481 e. The predicted molar refractivity (Wildman–Crippen MR) is 116 cm³/mol. The van der Waals surface area contributed by atoms with Crippen molar-refractivity contribution in [2.75, 3.05) is 6.54 Å². The molecular weight excluding hydrogens is 431 g/mol. The second-order valence-corrected chi connectivity index (χ2v) is 8.41. The Labute approximate surface area is 187 Å². The van der Waals surface area contributed by atoms with Crippen molar-refractivity contribution in [3.05, 3.63) is 75.5 Å². The van der Waals surface area contributed by atoms with Gasteiger partial charge < -0.3 is 14.6 Å². The van der Waals surface area contributed by atoms with E-state index in [1.807, 2.05) is 18.2 Å². The number of aromatic nitrogens is 2. The number of pyridine rings is 1. The Hall–Kier alpha value is -3.47. The average Bonchev–Trinajstić information content (AvgIpc) is 3.41. The van der Waals surface area contributed by atoms with Gasteiger partial charge in [0.1, 0.15) is 17.6 Å². The highest BCUT2D eigenvalue weighted by atomic mass is 35.5. The number of ether oxygens (including phenoxy) is 1. The summed E-state index contributed by atoms with van der Waals surface area (Å²) in [5, 5.41) is 17.9. The van der Waals surface area contributed by atoms with Crippen LogP contribution in [0, 0.1) is 17.1 Å². The molecule has 6 rings (SSSR count). The SMILES string of the molecule is N#Cc1cc2nccc(-c3cc(Cl)cc4c3OC(c3onc5c3CNCC5)C4)c2cc1F. The van der Waals surface area contributed by atoms with Gasteiger partial charge in [0, 0.05) is 59.2 Å². The molecule has 2 aliphatic rings. The van der Waals surface area contributed by atoms with E-state index < -0.39 is 5.82 Å². The van der Waals surface area contributed by atoms with E-state index in [0.717, 1.165) is 46.7 Å². The van der Waals surface area contributed by atoms with Gasteiger partial charge in [-0.05, 0) is 35.9 Å². The Morgan fingerprint density at radius 3 is 3.00 bits per heavy atom. The maximum absolute atomic E-state index is 14.4. The van der Waals surface area contributed by atoms with E-state index in [9.17, 15) is 4.39 Å². The summed E-state index contributed by atoms with van der Waals surface area (Å²) in [6.45, 7) is 1.58. The fraction of sp³-hybridized carbons (Fsp3) is 0.208. The second-order valence-electron chi connectivity index (χ2n) is 7.97. The van der Waals surface area contributed by atoms with Crippen LogP contribution >= 0.6 is 11.6 Å². The molecule has 0 amide bonds. The summed E-state index contributed by atoms with van der Waals surface area (Å²) in [5.74, 6) is 0.827. The number of nitrogens with zero attached hydrogens (tertiary/aromatic N) is 3. The molecule has 0 radical (unpaired) electrons. The van der Waals surface area contributed by atoms with E-state index in [4.69, 9.17) is 26.1 Å². The highest BCUT2D eigenvalue weighted by molar-refractivity contribution is 6.31. The zero-order valence-corrected chi connectivity index (χ0v) is 17.5. The molecule has 4 aromatic rings. The third-order valence-electron chi connectivity index (χ3n) is 6.07. The lowest BCUT2D eigenvalue weighted by Crippen LogP contribution is -2.24. The van der Waals surface area contributed by atoms with E-state index in [0.29, 0.717) is 34.6 Å². The third kappa shape index (κ3) is 2.95. The number of hydrogen-bond donors (Lipinski definition) is 1. The first-order valence-electron chi connectivity index (χ1n) is 10.3. The molecule has 0 aliphatic carbocycles. The van der Waals surface area contributed by atoms with Crippen molar-refractivity contribution in [3.8, 4) is 22.9 Å². The molecule has 1 unspecified atom stereocenters. The highest BCUT2D eigenvalue weighted by Crippen LogP contribution is 2.47. The lowest BCUT2D eigenvalue weighted by molar-refractivity contribution is 0.189. The topological polar surface area (TPSA) is 84.0 Å². The normalized spacial score (nSPS) is 17.0. The first kappa shape index (κ1) is 19.2. The van der Waals surface area contributed by atoms with Crippen molar-refractivity contribution < 1.29 is 13.7 Å². The van der Waals surface area contributed by atoms with E-state index >= 15 is 0 Å². The number of halogens is 2. The smallest absolute Gasteiger partial charge is 0.182 e. The molecule has 2 aromatic carbocycles. The molecule has 4 heterocycles. The Balaban J connectivity index is 1.48. The fourth-order valence-corrected chi connectivity index (χ4v) is 4.81. The van der Waals surface area contributed by atoms with Crippen molar-refractivity contribution in [1.29, 1.82) is 5.26 Å². The van der Waals surface area contributed by atoms with Gasteiger partial charge in [0.2, 0.25) is 0 Å². The van der Waals surface area contributed by atoms with Gasteiger partial charge in [-0.2, -0.15) is 5.26 Å². The first-order valence-corrected chi connectivity index (χ1v) is 10.7. The Bertz CT molecular complexity index is 1440. The minimum Gasteiger partial charge on any atom is -0.481 e. The Morgan fingerprint density at radius 1 is 1.22 bits per heavy atom. The van der Waals surface area contributed by atoms with Crippen LogP contribution in [0.3, 0.4) is 0 Å². The van der Waals surface area contributed by atoms with Crippen LogP contribution in [0.1, 0.15) is 34.2 Å².